The summed E-state index contributed by atoms with van der Waals surface area (Å²) in [5, 5.41) is 3.92. The Bertz CT molecular complexity index is 1160. The van der Waals surface area contributed by atoms with Gasteiger partial charge in [0.25, 0.3) is 5.91 Å². The normalized spacial score (nSPS) is 27.8. The lowest BCUT2D eigenvalue weighted by atomic mass is 9.97. The van der Waals surface area contributed by atoms with Gasteiger partial charge < -0.3 is 9.88 Å². The number of hydrogen-bond acceptors (Lipinski definition) is 2. The first kappa shape index (κ1) is 19.2. The molecule has 3 saturated carbocycles. The molecule has 3 aromatic rings. The van der Waals surface area contributed by atoms with Gasteiger partial charge in [-0.25, -0.2) is 13.8 Å². The summed E-state index contributed by atoms with van der Waals surface area (Å²) >= 11 is 5.94. The number of benzene rings is 2. The second-order valence-corrected chi connectivity index (χ2v) is 9.72. The molecule has 1 heterocycles. The molecule has 0 unspecified atom stereocenters. The second kappa shape index (κ2) is 7.02. The van der Waals surface area contributed by atoms with Crippen molar-refractivity contribution in [1.82, 2.24) is 14.9 Å². The lowest BCUT2D eigenvalue weighted by Gasteiger charge is -2.23. The van der Waals surface area contributed by atoms with Crippen LogP contribution < -0.4 is 5.32 Å². The first-order valence-corrected chi connectivity index (χ1v) is 11.3. The summed E-state index contributed by atoms with van der Waals surface area (Å²) < 4.78 is 29.3. The SMILES string of the molecule is O=C(N[C@H](C1CC1)[C@H]1[C@@H]2C[C@@H](n3cnc4cc(F)c(F)cc43)C[C@@H]21)c1ccc(Cl)cc1. The number of carbonyl (C=O) groups is 1. The zero-order valence-electron chi connectivity index (χ0n) is 16.8. The molecule has 1 N–H and O–H groups in total. The van der Waals surface area contributed by atoms with E-state index in [4.69, 9.17) is 11.6 Å². The lowest BCUT2D eigenvalue weighted by molar-refractivity contribution is 0.0921. The summed E-state index contributed by atoms with van der Waals surface area (Å²) in [4.78, 5) is 17.0. The Morgan fingerprint density at radius 3 is 2.45 bits per heavy atom. The molecule has 3 fully saturated rings. The molecular formula is C24H22ClF2N3O. The van der Waals surface area contributed by atoms with Gasteiger partial charge >= 0.3 is 0 Å². The van der Waals surface area contributed by atoms with E-state index in [0.29, 0.717) is 45.3 Å². The topological polar surface area (TPSA) is 46.9 Å². The number of amides is 1. The number of imidazole rings is 1. The molecule has 4 nitrogen and oxygen atoms in total. The highest BCUT2D eigenvalue weighted by Gasteiger charge is 2.61. The zero-order chi connectivity index (χ0) is 21.3. The Kier molecular flexibility index (Phi) is 4.36. The predicted molar refractivity (Wildman–Crippen MR) is 114 cm³/mol. The average Bonchev–Trinajstić information content (AvgIpc) is 3.63. The van der Waals surface area contributed by atoms with Gasteiger partial charge in [0.2, 0.25) is 0 Å². The van der Waals surface area contributed by atoms with Gasteiger partial charge in [0.05, 0.1) is 17.4 Å². The first-order valence-electron chi connectivity index (χ1n) is 10.9. The lowest BCUT2D eigenvalue weighted by Crippen LogP contribution is -2.39. The molecular weight excluding hydrogens is 420 g/mol. The Morgan fingerprint density at radius 2 is 1.77 bits per heavy atom. The van der Waals surface area contributed by atoms with Gasteiger partial charge in [-0.15, -0.1) is 0 Å². The first-order chi connectivity index (χ1) is 15.0. The molecule has 1 aromatic heterocycles. The van der Waals surface area contributed by atoms with Gasteiger partial charge in [-0.05, 0) is 73.6 Å². The summed E-state index contributed by atoms with van der Waals surface area (Å²) in [7, 11) is 0. The summed E-state index contributed by atoms with van der Waals surface area (Å²) in [6.45, 7) is 0. The van der Waals surface area contributed by atoms with Crippen molar-refractivity contribution in [2.24, 2.45) is 23.7 Å². The highest BCUT2D eigenvalue weighted by Crippen LogP contribution is 2.64. The van der Waals surface area contributed by atoms with Gasteiger partial charge in [0.15, 0.2) is 11.6 Å². The minimum Gasteiger partial charge on any atom is -0.349 e. The highest BCUT2D eigenvalue weighted by atomic mass is 35.5. The molecule has 0 saturated heterocycles. The van der Waals surface area contributed by atoms with Crippen molar-refractivity contribution in [2.45, 2.75) is 37.8 Å². The number of nitrogens with one attached hydrogen (secondary N) is 1. The van der Waals surface area contributed by atoms with Crippen molar-refractivity contribution in [3.05, 3.63) is 64.9 Å². The molecule has 0 bridgehead atoms. The fourth-order valence-corrected chi connectivity index (χ4v) is 5.88. The molecule has 0 radical (unpaired) electrons. The van der Waals surface area contributed by atoms with Gasteiger partial charge in [0, 0.05) is 34.8 Å². The van der Waals surface area contributed by atoms with Crippen LogP contribution >= 0.6 is 11.6 Å². The monoisotopic (exact) mass is 441 g/mol. The van der Waals surface area contributed by atoms with Crippen LogP contribution in [0.4, 0.5) is 8.78 Å². The molecule has 7 heteroatoms. The van der Waals surface area contributed by atoms with Gasteiger partial charge in [-0.2, -0.15) is 0 Å². The number of nitrogens with zero attached hydrogens (tertiary/aromatic N) is 2. The highest BCUT2D eigenvalue weighted by molar-refractivity contribution is 6.30. The van der Waals surface area contributed by atoms with E-state index in [2.05, 4.69) is 10.3 Å². The van der Waals surface area contributed by atoms with Gasteiger partial charge in [0.1, 0.15) is 0 Å². The molecule has 0 aliphatic heterocycles. The molecule has 6 rings (SSSR count). The minimum atomic E-state index is -0.865. The van der Waals surface area contributed by atoms with Crippen molar-refractivity contribution in [3.8, 4) is 0 Å². The van der Waals surface area contributed by atoms with Crippen molar-refractivity contribution in [2.75, 3.05) is 0 Å². The van der Waals surface area contributed by atoms with Crippen LogP contribution in [0.3, 0.4) is 0 Å². The fraction of sp³-hybridized carbons (Fsp3) is 0.417. The van der Waals surface area contributed by atoms with Crippen molar-refractivity contribution < 1.29 is 13.6 Å². The average molecular weight is 442 g/mol. The third-order valence-electron chi connectivity index (χ3n) is 7.45. The van der Waals surface area contributed by atoms with E-state index < -0.39 is 11.6 Å². The fourth-order valence-electron chi connectivity index (χ4n) is 5.76. The molecule has 1 amide bonds. The van der Waals surface area contributed by atoms with E-state index in [1.165, 1.54) is 18.9 Å². The molecule has 5 atom stereocenters. The van der Waals surface area contributed by atoms with Gasteiger partial charge in [-0.3, -0.25) is 4.79 Å². The van der Waals surface area contributed by atoms with E-state index >= 15 is 0 Å². The van der Waals surface area contributed by atoms with Crippen LogP contribution in [0, 0.1) is 35.3 Å². The minimum absolute atomic E-state index is 0.0341. The molecule has 160 valence electrons. The largest absolute Gasteiger partial charge is 0.349 e. The Morgan fingerprint density at radius 1 is 1.10 bits per heavy atom. The van der Waals surface area contributed by atoms with Crippen LogP contribution in [0.2, 0.25) is 5.02 Å². The summed E-state index contributed by atoms with van der Waals surface area (Å²) in [6.07, 6.45) is 6.01. The number of hydrogen-bond donors (Lipinski definition) is 1. The zero-order valence-corrected chi connectivity index (χ0v) is 17.5. The number of fused-ring (bicyclic) bond motifs is 2. The maximum Gasteiger partial charge on any atom is 0.251 e. The maximum atomic E-state index is 13.8. The van der Waals surface area contributed by atoms with Crippen LogP contribution in [0.25, 0.3) is 11.0 Å². The molecule has 3 aliphatic rings. The standard InChI is InChI=1S/C24H22ClF2N3O/c25-14-5-3-13(4-6-14)24(31)29-23(12-1-2-12)22-16-7-15(8-17(16)22)30-11-28-20-9-18(26)19(27)10-21(20)30/h3-6,9-12,15-17,22-23H,1-2,7-8H2,(H,29,31)/t15-,16-,17+,22+,23-/m1/s1. The third-order valence-corrected chi connectivity index (χ3v) is 7.70. The van der Waals surface area contributed by atoms with E-state index in [-0.39, 0.29) is 18.0 Å². The van der Waals surface area contributed by atoms with Crippen molar-refractivity contribution >= 4 is 28.5 Å². The Balaban J connectivity index is 1.16. The predicted octanol–water partition coefficient (Wildman–Crippen LogP) is 5.37. The molecule has 3 aliphatic carbocycles. The summed E-state index contributed by atoms with van der Waals surface area (Å²) in [6, 6.07) is 9.87. The summed E-state index contributed by atoms with van der Waals surface area (Å²) in [5.74, 6) is 0.450. The quantitative estimate of drug-likeness (QED) is 0.578. The number of halogens is 3. The second-order valence-electron chi connectivity index (χ2n) is 9.28. The van der Waals surface area contributed by atoms with Crippen LogP contribution in [0.1, 0.15) is 42.1 Å². The van der Waals surface area contributed by atoms with E-state index in [0.717, 1.165) is 18.9 Å². The maximum absolute atomic E-state index is 13.8. The number of carbonyl (C=O) groups excluding carboxylic acids is 1. The number of rotatable bonds is 5. The summed E-state index contributed by atoms with van der Waals surface area (Å²) in [5.41, 5.74) is 1.77. The van der Waals surface area contributed by atoms with E-state index in [1.807, 2.05) is 4.57 Å². The van der Waals surface area contributed by atoms with E-state index in [9.17, 15) is 13.6 Å². The third kappa shape index (κ3) is 3.32. The Labute approximate surface area is 183 Å². The van der Waals surface area contributed by atoms with Crippen molar-refractivity contribution in [3.63, 3.8) is 0 Å². The number of aromatic nitrogens is 2. The van der Waals surface area contributed by atoms with Crippen LogP contribution in [0.5, 0.6) is 0 Å². The van der Waals surface area contributed by atoms with Crippen LogP contribution in [-0.2, 0) is 0 Å². The van der Waals surface area contributed by atoms with Crippen molar-refractivity contribution in [1.29, 1.82) is 0 Å². The molecule has 31 heavy (non-hydrogen) atoms. The Hall–Kier alpha value is -2.47. The van der Waals surface area contributed by atoms with Crippen LogP contribution in [0.15, 0.2) is 42.7 Å². The molecule has 0 spiro atoms. The van der Waals surface area contributed by atoms with Gasteiger partial charge in [-0.1, -0.05) is 11.6 Å². The van der Waals surface area contributed by atoms with E-state index in [1.54, 1.807) is 30.6 Å². The smallest absolute Gasteiger partial charge is 0.251 e. The molecule has 2 aromatic carbocycles. The van der Waals surface area contributed by atoms with Crippen LogP contribution in [-0.4, -0.2) is 21.5 Å².